The number of aromatic nitrogens is 2. The first-order chi connectivity index (χ1) is 12.7. The number of hydrogen-bond acceptors (Lipinski definition) is 3. The number of rotatable bonds is 4. The number of amides is 1. The van der Waals surface area contributed by atoms with Crippen LogP contribution in [0.15, 0.2) is 30.7 Å². The Morgan fingerprint density at radius 2 is 1.92 bits per heavy atom. The van der Waals surface area contributed by atoms with Crippen LogP contribution in [0.1, 0.15) is 51.5 Å². The molecule has 1 N–H and O–H groups in total. The Bertz CT molecular complexity index is 739. The van der Waals surface area contributed by atoms with E-state index in [-0.39, 0.29) is 5.91 Å². The van der Waals surface area contributed by atoms with E-state index in [1.807, 2.05) is 12.4 Å². The minimum Gasteiger partial charge on any atom is -0.354 e. The van der Waals surface area contributed by atoms with E-state index in [9.17, 15) is 4.79 Å². The number of fused-ring (bicyclic) bond motifs is 1. The lowest BCUT2D eigenvalue weighted by molar-refractivity contribution is -0.119. The molecule has 3 heterocycles. The van der Waals surface area contributed by atoms with E-state index in [1.165, 1.54) is 56.2 Å². The van der Waals surface area contributed by atoms with Crippen LogP contribution < -0.4 is 5.32 Å². The topological polar surface area (TPSA) is 50.2 Å². The van der Waals surface area contributed by atoms with Gasteiger partial charge in [-0.05, 0) is 56.6 Å². The number of carbonyl (C=O) groups excluding carboxylic acids is 1. The lowest BCUT2D eigenvalue weighted by Crippen LogP contribution is -2.41. The van der Waals surface area contributed by atoms with Crippen molar-refractivity contribution < 1.29 is 4.79 Å². The number of nitrogens with zero attached hydrogens (tertiary/aromatic N) is 3. The molecule has 0 radical (unpaired) electrons. The smallest absolute Gasteiger partial charge is 0.217 e. The van der Waals surface area contributed by atoms with Gasteiger partial charge in [-0.3, -0.25) is 9.78 Å². The highest BCUT2D eigenvalue weighted by Crippen LogP contribution is 2.30. The zero-order valence-electron chi connectivity index (χ0n) is 15.7. The largest absolute Gasteiger partial charge is 0.354 e. The molecule has 1 saturated heterocycles. The second-order valence-electron chi connectivity index (χ2n) is 8.11. The Hall–Kier alpha value is -1.88. The fourth-order valence-corrected chi connectivity index (χ4v) is 4.83. The van der Waals surface area contributed by atoms with Crippen molar-refractivity contribution in [3.05, 3.63) is 30.7 Å². The summed E-state index contributed by atoms with van der Waals surface area (Å²) in [4.78, 5) is 18.2. The molecule has 2 aliphatic rings. The Balaban J connectivity index is 1.26. The van der Waals surface area contributed by atoms with E-state index in [4.69, 9.17) is 0 Å². The molecule has 26 heavy (non-hydrogen) atoms. The van der Waals surface area contributed by atoms with Gasteiger partial charge in [0.2, 0.25) is 5.91 Å². The molecular formula is C21H30N4O. The Morgan fingerprint density at radius 1 is 1.15 bits per heavy atom. The van der Waals surface area contributed by atoms with Gasteiger partial charge < -0.3 is 14.8 Å². The summed E-state index contributed by atoms with van der Waals surface area (Å²) >= 11 is 0. The van der Waals surface area contributed by atoms with Crippen molar-refractivity contribution in [2.24, 2.45) is 5.92 Å². The maximum absolute atomic E-state index is 11.2. The third-order valence-corrected chi connectivity index (χ3v) is 6.25. The van der Waals surface area contributed by atoms with Crippen molar-refractivity contribution in [3.8, 4) is 0 Å². The summed E-state index contributed by atoms with van der Waals surface area (Å²) in [6.07, 6.45) is 13.3. The third-order valence-electron chi connectivity index (χ3n) is 6.25. The van der Waals surface area contributed by atoms with Gasteiger partial charge >= 0.3 is 0 Å². The first-order valence-corrected chi connectivity index (χ1v) is 10.1. The van der Waals surface area contributed by atoms with Crippen LogP contribution in [0, 0.1) is 5.92 Å². The Morgan fingerprint density at radius 3 is 2.65 bits per heavy atom. The maximum Gasteiger partial charge on any atom is 0.217 e. The molecule has 2 aromatic heterocycles. The fraction of sp³-hybridized carbons (Fsp3) is 0.619. The zero-order valence-corrected chi connectivity index (χ0v) is 15.7. The van der Waals surface area contributed by atoms with Gasteiger partial charge in [0.05, 0.1) is 11.7 Å². The van der Waals surface area contributed by atoms with Gasteiger partial charge in [0.1, 0.15) is 0 Å². The molecule has 2 aromatic rings. The second kappa shape index (κ2) is 7.78. The van der Waals surface area contributed by atoms with Crippen LogP contribution in [-0.4, -0.2) is 46.0 Å². The number of carbonyl (C=O) groups is 1. The molecule has 4 rings (SSSR count). The minimum absolute atomic E-state index is 0.114. The van der Waals surface area contributed by atoms with E-state index in [2.05, 4.69) is 38.1 Å². The lowest BCUT2D eigenvalue weighted by atomic mass is 9.85. The lowest BCUT2D eigenvalue weighted by Gasteiger charge is -2.37. The van der Waals surface area contributed by atoms with Crippen LogP contribution in [0.2, 0.25) is 0 Å². The van der Waals surface area contributed by atoms with Gasteiger partial charge in [-0.15, -0.1) is 0 Å². The van der Waals surface area contributed by atoms with Crippen LogP contribution in [0.5, 0.6) is 0 Å². The summed E-state index contributed by atoms with van der Waals surface area (Å²) < 4.78 is 2.43. The molecule has 1 saturated carbocycles. The van der Waals surface area contributed by atoms with Gasteiger partial charge in [0.25, 0.3) is 0 Å². The summed E-state index contributed by atoms with van der Waals surface area (Å²) in [6.45, 7) is 5.24. The molecule has 1 amide bonds. The van der Waals surface area contributed by atoms with Crippen molar-refractivity contribution in [1.29, 1.82) is 0 Å². The van der Waals surface area contributed by atoms with E-state index < -0.39 is 0 Å². The second-order valence-corrected chi connectivity index (χ2v) is 8.11. The molecule has 0 spiro atoms. The van der Waals surface area contributed by atoms with Gasteiger partial charge in [-0.25, -0.2) is 0 Å². The molecule has 2 fully saturated rings. The molecule has 0 aromatic carbocycles. The van der Waals surface area contributed by atoms with Crippen molar-refractivity contribution in [1.82, 2.24) is 19.8 Å². The zero-order chi connectivity index (χ0) is 17.9. The standard InChI is InChI=1S/C21H30N4O/c1-16(26)23-19-4-2-17(3-5-19)15-24-11-8-20(9-12-24)25-13-7-18-6-10-22-14-21(18)25/h6-7,10,13-14,17,19-20H,2-5,8-9,11-12,15H2,1H3,(H,23,26). The predicted molar refractivity (Wildman–Crippen MR) is 104 cm³/mol. The van der Waals surface area contributed by atoms with Crippen molar-refractivity contribution in [2.45, 2.75) is 57.5 Å². The first kappa shape index (κ1) is 17.5. The number of likely N-dealkylation sites (tertiary alicyclic amines) is 1. The molecular weight excluding hydrogens is 324 g/mol. The molecule has 0 bridgehead atoms. The SMILES string of the molecule is CC(=O)NC1CCC(CN2CCC(n3ccc4ccncc43)CC2)CC1. The summed E-state index contributed by atoms with van der Waals surface area (Å²) in [5.74, 6) is 0.913. The number of nitrogens with one attached hydrogen (secondary N) is 1. The van der Waals surface area contributed by atoms with Crippen LogP contribution in [0.3, 0.4) is 0 Å². The molecule has 0 unspecified atom stereocenters. The van der Waals surface area contributed by atoms with Gasteiger partial charge in [-0.2, -0.15) is 0 Å². The summed E-state index contributed by atoms with van der Waals surface area (Å²) in [6, 6.07) is 5.31. The van der Waals surface area contributed by atoms with Gasteiger partial charge in [0, 0.05) is 56.4 Å². The van der Waals surface area contributed by atoms with Crippen LogP contribution in [0.4, 0.5) is 0 Å². The summed E-state index contributed by atoms with van der Waals surface area (Å²) in [5, 5.41) is 4.37. The molecule has 140 valence electrons. The average Bonchev–Trinajstić information content (AvgIpc) is 3.08. The Labute approximate surface area is 155 Å². The molecule has 5 nitrogen and oxygen atoms in total. The molecule has 1 aliphatic heterocycles. The number of hydrogen-bond donors (Lipinski definition) is 1. The van der Waals surface area contributed by atoms with Gasteiger partial charge in [-0.1, -0.05) is 0 Å². The first-order valence-electron chi connectivity index (χ1n) is 10.1. The number of pyridine rings is 1. The van der Waals surface area contributed by atoms with Crippen molar-refractivity contribution >= 4 is 16.8 Å². The quantitative estimate of drug-likeness (QED) is 0.916. The highest BCUT2D eigenvalue weighted by molar-refractivity contribution is 5.79. The normalized spacial score (nSPS) is 25.4. The van der Waals surface area contributed by atoms with E-state index in [1.54, 1.807) is 6.92 Å². The monoisotopic (exact) mass is 354 g/mol. The summed E-state index contributed by atoms with van der Waals surface area (Å²) in [5.41, 5.74) is 1.27. The minimum atomic E-state index is 0.114. The molecule has 1 aliphatic carbocycles. The van der Waals surface area contributed by atoms with Crippen LogP contribution >= 0.6 is 0 Å². The third kappa shape index (κ3) is 3.93. The molecule has 0 atom stereocenters. The van der Waals surface area contributed by atoms with Crippen LogP contribution in [0.25, 0.3) is 10.9 Å². The van der Waals surface area contributed by atoms with E-state index in [0.717, 1.165) is 18.8 Å². The van der Waals surface area contributed by atoms with Gasteiger partial charge in [0.15, 0.2) is 0 Å². The fourth-order valence-electron chi connectivity index (χ4n) is 4.83. The van der Waals surface area contributed by atoms with Crippen molar-refractivity contribution in [2.75, 3.05) is 19.6 Å². The van der Waals surface area contributed by atoms with E-state index in [0.29, 0.717) is 12.1 Å². The summed E-state index contributed by atoms with van der Waals surface area (Å²) in [7, 11) is 0. The van der Waals surface area contributed by atoms with Crippen molar-refractivity contribution in [3.63, 3.8) is 0 Å². The average molecular weight is 354 g/mol. The molecule has 5 heteroatoms. The highest BCUT2D eigenvalue weighted by Gasteiger charge is 2.26. The maximum atomic E-state index is 11.2. The predicted octanol–water partition coefficient (Wildman–Crippen LogP) is 3.37. The number of piperidine rings is 1. The highest BCUT2D eigenvalue weighted by atomic mass is 16.1. The van der Waals surface area contributed by atoms with Crippen LogP contribution in [-0.2, 0) is 4.79 Å². The van der Waals surface area contributed by atoms with E-state index >= 15 is 0 Å². The Kier molecular flexibility index (Phi) is 5.25.